The Morgan fingerprint density at radius 2 is 1.71 bits per heavy atom. The first-order valence-electron chi connectivity index (χ1n) is 14.8. The molecule has 0 bridgehead atoms. The number of likely N-dealkylation sites (tertiary alicyclic amines) is 2. The molecule has 3 fully saturated rings. The van der Waals surface area contributed by atoms with Gasteiger partial charge in [0.25, 0.3) is 0 Å². The van der Waals surface area contributed by atoms with Crippen LogP contribution in [0.1, 0.15) is 69.4 Å². The van der Waals surface area contributed by atoms with Crippen molar-refractivity contribution in [2.24, 2.45) is 5.92 Å². The van der Waals surface area contributed by atoms with E-state index in [1.165, 1.54) is 12.4 Å². The molecular formula is C30H40F2N4O5. The lowest BCUT2D eigenvalue weighted by atomic mass is 9.97. The fraction of sp³-hybridized carbons (Fsp3) is 0.633. The summed E-state index contributed by atoms with van der Waals surface area (Å²) in [5.74, 6) is -0.366. The molecule has 2 aliphatic heterocycles. The minimum atomic E-state index is -0.649. The first-order chi connectivity index (χ1) is 19.8. The molecule has 3 aliphatic rings. The molecule has 11 heteroatoms. The normalized spacial score (nSPS) is 19.0. The summed E-state index contributed by atoms with van der Waals surface area (Å²) >= 11 is 0. The number of hydrogen-bond acceptors (Lipinski definition) is 8. The number of aromatic nitrogens is 2. The second-order valence-corrected chi connectivity index (χ2v) is 11.6. The van der Waals surface area contributed by atoms with Crippen LogP contribution in [0.25, 0.3) is 0 Å². The highest BCUT2D eigenvalue weighted by Gasteiger charge is 2.34. The molecule has 1 N–H and O–H groups in total. The minimum Gasteiger partial charge on any atom is -0.474 e. The van der Waals surface area contributed by atoms with Crippen molar-refractivity contribution in [2.45, 2.75) is 76.9 Å². The summed E-state index contributed by atoms with van der Waals surface area (Å²) in [5.41, 5.74) is 0.973. The number of ether oxygens (including phenoxy) is 3. The van der Waals surface area contributed by atoms with Gasteiger partial charge in [0.05, 0.1) is 11.7 Å². The van der Waals surface area contributed by atoms with E-state index >= 15 is 8.78 Å². The molecule has 41 heavy (non-hydrogen) atoms. The molecule has 0 atom stereocenters. The van der Waals surface area contributed by atoms with Gasteiger partial charge < -0.3 is 29.1 Å². The molecule has 224 valence electrons. The van der Waals surface area contributed by atoms with Crippen LogP contribution < -0.4 is 9.47 Å². The highest BCUT2D eigenvalue weighted by molar-refractivity contribution is 5.67. The number of hydrogen-bond donors (Lipinski definition) is 1. The van der Waals surface area contributed by atoms with E-state index in [0.717, 1.165) is 44.8 Å². The zero-order valence-electron chi connectivity index (χ0n) is 23.9. The maximum Gasteiger partial charge on any atom is 0.410 e. The van der Waals surface area contributed by atoms with E-state index in [9.17, 15) is 9.90 Å². The van der Waals surface area contributed by atoms with Crippen molar-refractivity contribution in [3.8, 4) is 17.5 Å². The summed E-state index contributed by atoms with van der Waals surface area (Å²) in [4.78, 5) is 24.7. The molecule has 2 saturated heterocycles. The molecule has 2 aromatic rings. The van der Waals surface area contributed by atoms with E-state index in [0.29, 0.717) is 61.8 Å². The summed E-state index contributed by atoms with van der Waals surface area (Å²) in [6, 6.07) is 2.30. The van der Waals surface area contributed by atoms with Crippen LogP contribution in [-0.2, 0) is 11.2 Å². The summed E-state index contributed by atoms with van der Waals surface area (Å²) in [6.07, 6.45) is 5.95. The van der Waals surface area contributed by atoms with E-state index in [4.69, 9.17) is 14.2 Å². The van der Waals surface area contributed by atoms with E-state index in [1.54, 1.807) is 4.90 Å². The van der Waals surface area contributed by atoms with Crippen LogP contribution in [0.3, 0.4) is 0 Å². The molecule has 5 rings (SSSR count). The van der Waals surface area contributed by atoms with Gasteiger partial charge in [-0.05, 0) is 82.5 Å². The third-order valence-corrected chi connectivity index (χ3v) is 8.08. The van der Waals surface area contributed by atoms with Gasteiger partial charge in [-0.15, -0.1) is 0 Å². The topological polar surface area (TPSA) is 97.2 Å². The van der Waals surface area contributed by atoms with E-state index in [-0.39, 0.29) is 42.5 Å². The molecule has 9 nitrogen and oxygen atoms in total. The number of halogens is 2. The first kappa shape index (κ1) is 29.4. The van der Waals surface area contributed by atoms with Crippen LogP contribution in [0.15, 0.2) is 18.5 Å². The van der Waals surface area contributed by atoms with Gasteiger partial charge in [0.2, 0.25) is 11.8 Å². The number of aliphatic hydroxyl groups is 1. The number of nitrogens with zero attached hydrogens (tertiary/aromatic N) is 4. The summed E-state index contributed by atoms with van der Waals surface area (Å²) in [6.45, 7) is 7.20. The number of amides is 1. The lowest BCUT2D eigenvalue weighted by molar-refractivity contribution is 0.0504. The average molecular weight is 575 g/mol. The number of carbonyl (C=O) groups excluding carboxylic acids is 1. The number of carbonyl (C=O) groups is 1. The van der Waals surface area contributed by atoms with Gasteiger partial charge in [0, 0.05) is 45.1 Å². The first-order valence-corrected chi connectivity index (χ1v) is 14.8. The minimum absolute atomic E-state index is 0.129. The molecular weight excluding hydrogens is 534 g/mol. The van der Waals surface area contributed by atoms with Crippen molar-refractivity contribution >= 4 is 6.09 Å². The molecule has 0 unspecified atom stereocenters. The monoisotopic (exact) mass is 574 g/mol. The standard InChI is InChI=1S/C30H40F2N4O5/c1-19(2)39-30(38)36-13-8-23(9-14-36)40-28-27(21-3-4-21)29(34-18-33-28)41-26-16-24(31)22(15-25(26)32)7-12-35-10-5-20(17-37)6-11-35/h15-16,18-21,23,37H,3-14,17H2,1-2H3. The van der Waals surface area contributed by atoms with E-state index in [2.05, 4.69) is 14.9 Å². The average Bonchev–Trinajstić information content (AvgIpc) is 3.80. The van der Waals surface area contributed by atoms with Gasteiger partial charge in [-0.1, -0.05) is 0 Å². The lowest BCUT2D eigenvalue weighted by Gasteiger charge is -2.32. The molecule has 1 aliphatic carbocycles. The molecule has 1 aromatic carbocycles. The fourth-order valence-electron chi connectivity index (χ4n) is 5.47. The van der Waals surface area contributed by atoms with Gasteiger partial charge in [0.1, 0.15) is 18.2 Å². The maximum atomic E-state index is 15.1. The van der Waals surface area contributed by atoms with Crippen LogP contribution >= 0.6 is 0 Å². The van der Waals surface area contributed by atoms with Crippen LogP contribution in [0.2, 0.25) is 0 Å². The molecule has 1 amide bonds. The zero-order chi connectivity index (χ0) is 28.9. The Balaban J connectivity index is 1.22. The van der Waals surface area contributed by atoms with Crippen molar-refractivity contribution in [1.82, 2.24) is 19.8 Å². The Labute approximate surface area is 239 Å². The van der Waals surface area contributed by atoms with Crippen molar-refractivity contribution in [1.29, 1.82) is 0 Å². The van der Waals surface area contributed by atoms with Gasteiger partial charge >= 0.3 is 6.09 Å². The predicted octanol–water partition coefficient (Wildman–Crippen LogP) is 5.06. The van der Waals surface area contributed by atoms with Gasteiger partial charge in [-0.25, -0.2) is 23.5 Å². The quantitative estimate of drug-likeness (QED) is 0.421. The molecule has 0 radical (unpaired) electrons. The van der Waals surface area contributed by atoms with Gasteiger partial charge in [0.15, 0.2) is 11.6 Å². The Morgan fingerprint density at radius 3 is 2.37 bits per heavy atom. The maximum absolute atomic E-state index is 15.1. The van der Waals surface area contributed by atoms with Crippen LogP contribution in [0, 0.1) is 17.6 Å². The summed E-state index contributed by atoms with van der Waals surface area (Å²) in [7, 11) is 0. The Bertz CT molecular complexity index is 1200. The predicted molar refractivity (Wildman–Crippen MR) is 147 cm³/mol. The largest absolute Gasteiger partial charge is 0.474 e. The van der Waals surface area contributed by atoms with Gasteiger partial charge in [-0.2, -0.15) is 0 Å². The zero-order valence-corrected chi connectivity index (χ0v) is 23.9. The summed E-state index contributed by atoms with van der Waals surface area (Å²) < 4.78 is 47.6. The second-order valence-electron chi connectivity index (χ2n) is 11.6. The van der Waals surface area contributed by atoms with Crippen molar-refractivity contribution in [2.75, 3.05) is 39.3 Å². The number of benzene rings is 1. The lowest BCUT2D eigenvalue weighted by Crippen LogP contribution is -2.42. The Hall–Kier alpha value is -3.05. The molecule has 0 spiro atoms. The highest BCUT2D eigenvalue weighted by atomic mass is 19.1. The van der Waals surface area contributed by atoms with Crippen LogP contribution in [-0.4, -0.2) is 82.5 Å². The molecule has 1 aromatic heterocycles. The van der Waals surface area contributed by atoms with Gasteiger partial charge in [-0.3, -0.25) is 0 Å². The fourth-order valence-corrected chi connectivity index (χ4v) is 5.47. The number of piperidine rings is 2. The van der Waals surface area contributed by atoms with Crippen LogP contribution in [0.5, 0.6) is 17.5 Å². The highest BCUT2D eigenvalue weighted by Crippen LogP contribution is 2.48. The smallest absolute Gasteiger partial charge is 0.410 e. The summed E-state index contributed by atoms with van der Waals surface area (Å²) in [5, 5.41) is 9.32. The third-order valence-electron chi connectivity index (χ3n) is 8.08. The van der Waals surface area contributed by atoms with Crippen molar-refractivity contribution in [3.05, 3.63) is 41.2 Å². The Kier molecular flexibility index (Phi) is 9.54. The van der Waals surface area contributed by atoms with Crippen molar-refractivity contribution in [3.63, 3.8) is 0 Å². The third kappa shape index (κ3) is 7.62. The molecule has 1 saturated carbocycles. The Morgan fingerprint density at radius 1 is 1.00 bits per heavy atom. The van der Waals surface area contributed by atoms with Crippen LogP contribution in [0.4, 0.5) is 13.6 Å². The van der Waals surface area contributed by atoms with Crippen molar-refractivity contribution < 1.29 is 32.9 Å². The number of rotatable bonds is 10. The molecule has 3 heterocycles. The van der Waals surface area contributed by atoms with E-state index in [1.807, 2.05) is 13.8 Å². The van der Waals surface area contributed by atoms with E-state index < -0.39 is 11.6 Å². The second kappa shape index (κ2) is 13.3. The SMILES string of the molecule is CC(C)OC(=O)N1CCC(Oc2ncnc(Oc3cc(F)c(CCN4CCC(CO)CC4)cc3F)c2C2CC2)CC1. The number of aliphatic hydroxyl groups excluding tert-OH is 1.